The quantitative estimate of drug-likeness (QED) is 0.607. The fraction of sp³-hybridized carbons (Fsp3) is 0.0556. The van der Waals surface area contributed by atoms with E-state index >= 15 is 0 Å². The molecule has 3 rings (SSSR count). The molecule has 0 saturated heterocycles. The molecule has 0 spiro atoms. The van der Waals surface area contributed by atoms with Crippen molar-refractivity contribution in [3.8, 4) is 5.75 Å². The van der Waals surface area contributed by atoms with Crippen molar-refractivity contribution < 1.29 is 17.5 Å². The number of ether oxygens (including phenoxy) is 1. The summed E-state index contributed by atoms with van der Waals surface area (Å²) in [5, 5.41) is 0.113. The first-order valence-electron chi connectivity index (χ1n) is 7.65. The Kier molecular flexibility index (Phi) is 5.84. The fourth-order valence-corrected chi connectivity index (χ4v) is 4.01. The van der Waals surface area contributed by atoms with Gasteiger partial charge in [0.25, 0.3) is 10.0 Å². The molecule has 140 valence electrons. The molecule has 1 aromatic heterocycles. The van der Waals surface area contributed by atoms with Crippen molar-refractivity contribution >= 4 is 38.9 Å². The monoisotopic (exact) mass is 426 g/mol. The predicted octanol–water partition coefficient (Wildman–Crippen LogP) is 4.91. The van der Waals surface area contributed by atoms with Gasteiger partial charge in [-0.25, -0.2) is 12.8 Å². The minimum absolute atomic E-state index is 0.0923. The lowest BCUT2D eigenvalue weighted by Crippen LogP contribution is -2.13. The third kappa shape index (κ3) is 4.88. The maximum Gasteiger partial charge on any atom is 0.263 e. The van der Waals surface area contributed by atoms with Crippen molar-refractivity contribution in [1.82, 2.24) is 4.98 Å². The van der Waals surface area contributed by atoms with E-state index in [0.29, 0.717) is 5.75 Å². The Hall–Kier alpha value is -2.35. The SMILES string of the molecule is O=S(=O)(Nc1ccc(OCc2ccccn2)c(Cl)c1)c1cc(F)ccc1Cl. The number of sulfonamides is 1. The highest BCUT2D eigenvalue weighted by Gasteiger charge is 2.19. The van der Waals surface area contributed by atoms with Crippen molar-refractivity contribution in [1.29, 1.82) is 0 Å². The van der Waals surface area contributed by atoms with Gasteiger partial charge in [-0.05, 0) is 48.5 Å². The number of halogens is 3. The smallest absolute Gasteiger partial charge is 0.263 e. The van der Waals surface area contributed by atoms with E-state index < -0.39 is 15.8 Å². The van der Waals surface area contributed by atoms with Gasteiger partial charge in [-0.15, -0.1) is 0 Å². The molecule has 1 N–H and O–H groups in total. The Morgan fingerprint density at radius 1 is 1.04 bits per heavy atom. The Morgan fingerprint density at radius 2 is 1.85 bits per heavy atom. The molecule has 0 aliphatic rings. The van der Waals surface area contributed by atoms with Crippen LogP contribution in [0, 0.1) is 5.82 Å². The van der Waals surface area contributed by atoms with E-state index in [-0.39, 0.29) is 27.2 Å². The highest BCUT2D eigenvalue weighted by atomic mass is 35.5. The fourth-order valence-electron chi connectivity index (χ4n) is 2.21. The number of hydrogen-bond acceptors (Lipinski definition) is 4. The van der Waals surface area contributed by atoms with Gasteiger partial charge in [0.2, 0.25) is 0 Å². The molecular weight excluding hydrogens is 414 g/mol. The van der Waals surface area contributed by atoms with Crippen LogP contribution in [0.25, 0.3) is 0 Å². The van der Waals surface area contributed by atoms with Gasteiger partial charge in [-0.3, -0.25) is 9.71 Å². The minimum Gasteiger partial charge on any atom is -0.486 e. The molecule has 9 heteroatoms. The third-order valence-electron chi connectivity index (χ3n) is 3.47. The van der Waals surface area contributed by atoms with Crippen LogP contribution in [-0.2, 0) is 16.6 Å². The number of benzene rings is 2. The van der Waals surface area contributed by atoms with Crippen LogP contribution in [0.4, 0.5) is 10.1 Å². The zero-order chi connectivity index (χ0) is 19.4. The Balaban J connectivity index is 1.76. The molecule has 0 unspecified atom stereocenters. The maximum atomic E-state index is 13.4. The summed E-state index contributed by atoms with van der Waals surface area (Å²) in [6, 6.07) is 12.9. The van der Waals surface area contributed by atoms with Gasteiger partial charge in [-0.2, -0.15) is 0 Å². The van der Waals surface area contributed by atoms with Crippen LogP contribution in [0.3, 0.4) is 0 Å². The topological polar surface area (TPSA) is 68.3 Å². The molecule has 0 bridgehead atoms. The molecule has 0 radical (unpaired) electrons. The van der Waals surface area contributed by atoms with Crippen LogP contribution >= 0.6 is 23.2 Å². The van der Waals surface area contributed by atoms with Gasteiger partial charge in [0.15, 0.2) is 0 Å². The second-order valence-electron chi connectivity index (χ2n) is 5.44. The van der Waals surface area contributed by atoms with Gasteiger partial charge >= 0.3 is 0 Å². The number of anilines is 1. The Morgan fingerprint density at radius 3 is 2.56 bits per heavy atom. The van der Waals surface area contributed by atoms with Crippen LogP contribution in [0.2, 0.25) is 10.0 Å². The number of pyridine rings is 1. The van der Waals surface area contributed by atoms with E-state index in [1.54, 1.807) is 18.3 Å². The van der Waals surface area contributed by atoms with E-state index in [1.807, 2.05) is 6.07 Å². The first-order valence-corrected chi connectivity index (χ1v) is 9.89. The molecule has 0 saturated carbocycles. The molecule has 1 heterocycles. The molecule has 0 aliphatic heterocycles. The van der Waals surface area contributed by atoms with E-state index in [1.165, 1.54) is 24.3 Å². The summed E-state index contributed by atoms with van der Waals surface area (Å²) >= 11 is 12.0. The molecule has 0 aliphatic carbocycles. The average Bonchev–Trinajstić information content (AvgIpc) is 2.63. The number of rotatable bonds is 6. The summed E-state index contributed by atoms with van der Waals surface area (Å²) in [5.74, 6) is -0.342. The van der Waals surface area contributed by atoms with Crippen LogP contribution in [-0.4, -0.2) is 13.4 Å². The van der Waals surface area contributed by atoms with Gasteiger partial charge < -0.3 is 4.74 Å². The Labute approximate surface area is 165 Å². The summed E-state index contributed by atoms with van der Waals surface area (Å²) in [5.41, 5.74) is 0.907. The summed E-state index contributed by atoms with van der Waals surface area (Å²) < 4.78 is 46.1. The predicted molar refractivity (Wildman–Crippen MR) is 102 cm³/mol. The lowest BCUT2D eigenvalue weighted by Gasteiger charge is -2.12. The van der Waals surface area contributed by atoms with Crippen LogP contribution in [0.15, 0.2) is 65.7 Å². The molecule has 2 aromatic carbocycles. The second-order valence-corrected chi connectivity index (χ2v) is 7.90. The van der Waals surface area contributed by atoms with E-state index in [4.69, 9.17) is 27.9 Å². The van der Waals surface area contributed by atoms with E-state index in [2.05, 4.69) is 9.71 Å². The highest BCUT2D eigenvalue weighted by Crippen LogP contribution is 2.30. The minimum atomic E-state index is -4.08. The normalized spacial score (nSPS) is 11.2. The standard InChI is InChI=1S/C18H13Cl2FN2O3S/c19-15-6-4-12(21)9-18(15)27(24,25)23-13-5-7-17(16(20)10-13)26-11-14-3-1-2-8-22-14/h1-10,23H,11H2. The lowest BCUT2D eigenvalue weighted by molar-refractivity contribution is 0.301. The number of nitrogens with one attached hydrogen (secondary N) is 1. The van der Waals surface area contributed by atoms with Crippen molar-refractivity contribution in [2.75, 3.05) is 4.72 Å². The third-order valence-corrected chi connectivity index (χ3v) is 5.63. The number of nitrogens with zero attached hydrogens (tertiary/aromatic N) is 1. The van der Waals surface area contributed by atoms with Gasteiger partial charge in [0, 0.05) is 6.20 Å². The van der Waals surface area contributed by atoms with Crippen LogP contribution in [0.5, 0.6) is 5.75 Å². The van der Waals surface area contributed by atoms with E-state index in [9.17, 15) is 12.8 Å². The maximum absolute atomic E-state index is 13.4. The highest BCUT2D eigenvalue weighted by molar-refractivity contribution is 7.92. The van der Waals surface area contributed by atoms with Crippen LogP contribution < -0.4 is 9.46 Å². The largest absolute Gasteiger partial charge is 0.486 e. The Bertz CT molecular complexity index is 1060. The molecular formula is C18H13Cl2FN2O3S. The van der Waals surface area contributed by atoms with E-state index in [0.717, 1.165) is 17.8 Å². The lowest BCUT2D eigenvalue weighted by atomic mass is 10.3. The zero-order valence-corrected chi connectivity index (χ0v) is 16.0. The first-order chi connectivity index (χ1) is 12.8. The van der Waals surface area contributed by atoms with Gasteiger partial charge in [0.1, 0.15) is 23.1 Å². The van der Waals surface area contributed by atoms with Crippen molar-refractivity contribution in [3.63, 3.8) is 0 Å². The van der Waals surface area contributed by atoms with Gasteiger partial charge in [-0.1, -0.05) is 29.3 Å². The molecule has 5 nitrogen and oxygen atoms in total. The zero-order valence-electron chi connectivity index (χ0n) is 13.7. The summed E-state index contributed by atoms with van der Waals surface area (Å²) in [4.78, 5) is 3.77. The number of hydrogen-bond donors (Lipinski definition) is 1. The molecule has 0 atom stereocenters. The molecule has 3 aromatic rings. The summed E-state index contributed by atoms with van der Waals surface area (Å²) in [7, 11) is -4.08. The molecule has 0 amide bonds. The summed E-state index contributed by atoms with van der Waals surface area (Å²) in [6.07, 6.45) is 1.65. The first kappa shape index (κ1) is 19.4. The summed E-state index contributed by atoms with van der Waals surface area (Å²) in [6.45, 7) is 0.213. The molecule has 0 fully saturated rings. The average molecular weight is 427 g/mol. The van der Waals surface area contributed by atoms with Crippen LogP contribution in [0.1, 0.15) is 5.69 Å². The second kappa shape index (κ2) is 8.12. The van der Waals surface area contributed by atoms with Crippen molar-refractivity contribution in [2.24, 2.45) is 0 Å². The van der Waals surface area contributed by atoms with Crippen molar-refractivity contribution in [2.45, 2.75) is 11.5 Å². The number of aromatic nitrogens is 1. The molecule has 27 heavy (non-hydrogen) atoms. The van der Waals surface area contributed by atoms with Crippen molar-refractivity contribution in [3.05, 3.63) is 82.4 Å². The van der Waals surface area contributed by atoms with Gasteiger partial charge in [0.05, 0.1) is 21.4 Å².